The minimum atomic E-state index is -0.446. The lowest BCUT2D eigenvalue weighted by molar-refractivity contribution is 0.0941. The van der Waals surface area contributed by atoms with Gasteiger partial charge >= 0.3 is 0 Å². The molecule has 3 N–H and O–H groups in total. The molecule has 0 fully saturated rings. The number of carbonyl (C=O) groups is 1. The maximum absolute atomic E-state index is 14.2. The number of rotatable bonds is 6. The largest absolute Gasteiger partial charge is 0.347 e. The highest BCUT2D eigenvalue weighted by atomic mass is 19.1. The van der Waals surface area contributed by atoms with Crippen molar-refractivity contribution in [2.45, 2.75) is 25.8 Å². The lowest BCUT2D eigenvalue weighted by atomic mass is 10.1. The number of amides is 1. The molecule has 0 radical (unpaired) electrons. The minimum absolute atomic E-state index is 0.0118. The van der Waals surface area contributed by atoms with E-state index in [0.717, 1.165) is 5.56 Å². The van der Waals surface area contributed by atoms with E-state index in [2.05, 4.69) is 15.4 Å². The molecule has 0 aliphatic rings. The molecule has 1 aromatic heterocycles. The van der Waals surface area contributed by atoms with Crippen LogP contribution in [-0.2, 0) is 0 Å². The molecule has 27 heavy (non-hydrogen) atoms. The number of halogens is 1. The van der Waals surface area contributed by atoms with Crippen molar-refractivity contribution < 1.29 is 9.18 Å². The van der Waals surface area contributed by atoms with Crippen molar-refractivity contribution in [2.75, 3.05) is 6.54 Å². The Kier molecular flexibility index (Phi) is 5.61. The molecule has 1 heterocycles. The lowest BCUT2D eigenvalue weighted by Gasteiger charge is -2.12. The van der Waals surface area contributed by atoms with Gasteiger partial charge in [0.1, 0.15) is 17.3 Å². The molecule has 0 saturated carbocycles. The van der Waals surface area contributed by atoms with Crippen molar-refractivity contribution in [3.63, 3.8) is 0 Å². The van der Waals surface area contributed by atoms with E-state index < -0.39 is 11.7 Å². The van der Waals surface area contributed by atoms with Crippen molar-refractivity contribution in [3.05, 3.63) is 77.6 Å². The Morgan fingerprint density at radius 1 is 1.15 bits per heavy atom. The second kappa shape index (κ2) is 8.09. The first-order chi connectivity index (χ1) is 13.0. The fourth-order valence-corrected chi connectivity index (χ4v) is 2.69. The molecule has 7 heteroatoms. The summed E-state index contributed by atoms with van der Waals surface area (Å²) < 4.78 is 15.5. The molecule has 0 saturated heterocycles. The molecule has 6 nitrogen and oxygen atoms in total. The predicted octanol–water partition coefficient (Wildman–Crippen LogP) is 2.96. The van der Waals surface area contributed by atoms with Crippen molar-refractivity contribution >= 4 is 5.91 Å². The average Bonchev–Trinajstić information content (AvgIpc) is 3.12. The number of para-hydroxylation sites is 1. The lowest BCUT2D eigenvalue weighted by Crippen LogP contribution is -2.32. The number of nitrogens with zero attached hydrogens (tertiary/aromatic N) is 3. The van der Waals surface area contributed by atoms with Crippen LogP contribution >= 0.6 is 0 Å². The fraction of sp³-hybridized carbons (Fsp3) is 0.250. The number of hydrogen-bond donors (Lipinski definition) is 2. The summed E-state index contributed by atoms with van der Waals surface area (Å²) in [6.45, 7) is 4.07. The van der Waals surface area contributed by atoms with Crippen molar-refractivity contribution in [1.82, 2.24) is 20.1 Å². The van der Waals surface area contributed by atoms with Crippen LogP contribution in [0.5, 0.6) is 0 Å². The van der Waals surface area contributed by atoms with Gasteiger partial charge in [-0.05, 0) is 17.7 Å². The van der Waals surface area contributed by atoms with Gasteiger partial charge in [-0.1, -0.05) is 56.3 Å². The topological polar surface area (TPSA) is 85.8 Å². The van der Waals surface area contributed by atoms with Gasteiger partial charge in [-0.2, -0.15) is 0 Å². The maximum Gasteiger partial charge on any atom is 0.291 e. The van der Waals surface area contributed by atoms with Gasteiger partial charge in [0.2, 0.25) is 5.82 Å². The van der Waals surface area contributed by atoms with Crippen LogP contribution in [0, 0.1) is 5.82 Å². The number of nitrogens with one attached hydrogen (secondary N) is 1. The van der Waals surface area contributed by atoms with Crippen LogP contribution in [0.25, 0.3) is 5.69 Å². The van der Waals surface area contributed by atoms with E-state index in [4.69, 9.17) is 5.73 Å². The summed E-state index contributed by atoms with van der Waals surface area (Å²) in [5, 5.41) is 6.97. The van der Waals surface area contributed by atoms with Crippen molar-refractivity contribution in [3.8, 4) is 5.69 Å². The quantitative estimate of drug-likeness (QED) is 0.701. The highest BCUT2D eigenvalue weighted by Gasteiger charge is 2.21. The Morgan fingerprint density at radius 3 is 2.48 bits per heavy atom. The van der Waals surface area contributed by atoms with E-state index in [0.29, 0.717) is 5.82 Å². The number of hydrogen-bond acceptors (Lipinski definition) is 4. The monoisotopic (exact) mass is 367 g/mol. The molecule has 0 spiro atoms. The maximum atomic E-state index is 14.2. The molecule has 3 aromatic rings. The summed E-state index contributed by atoms with van der Waals surface area (Å²) in [6.07, 6.45) is 0. The third-order valence-corrected chi connectivity index (χ3v) is 4.14. The van der Waals surface area contributed by atoms with E-state index in [-0.39, 0.29) is 30.0 Å². The van der Waals surface area contributed by atoms with Gasteiger partial charge in [-0.25, -0.2) is 14.1 Å². The molecule has 0 bridgehead atoms. The van der Waals surface area contributed by atoms with Gasteiger partial charge in [0, 0.05) is 18.5 Å². The average molecular weight is 367 g/mol. The first-order valence-electron chi connectivity index (χ1n) is 8.78. The zero-order valence-electron chi connectivity index (χ0n) is 15.3. The second-order valence-electron chi connectivity index (χ2n) is 6.54. The molecule has 0 aliphatic heterocycles. The van der Waals surface area contributed by atoms with Crippen LogP contribution in [0.4, 0.5) is 4.39 Å². The standard InChI is InChI=1S/C20H22FN5O/c1-13(2)19-24-18(25-26(19)17-11-7-6-10-15(17)21)20(27)23-12-16(22)14-8-4-3-5-9-14/h3-11,13,16H,12,22H2,1-2H3,(H,23,27). The van der Waals surface area contributed by atoms with Crippen LogP contribution in [0.1, 0.15) is 47.8 Å². The Balaban J connectivity index is 1.79. The van der Waals surface area contributed by atoms with Crippen LogP contribution < -0.4 is 11.1 Å². The Hall–Kier alpha value is -3.06. The number of carbonyl (C=O) groups excluding carboxylic acids is 1. The Bertz CT molecular complexity index is 923. The zero-order chi connectivity index (χ0) is 19.4. The fourth-order valence-electron chi connectivity index (χ4n) is 2.69. The highest BCUT2D eigenvalue weighted by Crippen LogP contribution is 2.19. The molecule has 2 aromatic carbocycles. The van der Waals surface area contributed by atoms with Gasteiger partial charge in [0.25, 0.3) is 5.91 Å². The first-order valence-corrected chi connectivity index (χ1v) is 8.78. The first kappa shape index (κ1) is 18.7. The third-order valence-electron chi connectivity index (χ3n) is 4.14. The van der Waals surface area contributed by atoms with Crippen LogP contribution in [0.2, 0.25) is 0 Å². The van der Waals surface area contributed by atoms with E-state index >= 15 is 0 Å². The molecular formula is C20H22FN5O. The molecule has 0 aliphatic carbocycles. The number of aromatic nitrogens is 3. The molecular weight excluding hydrogens is 345 g/mol. The van der Waals surface area contributed by atoms with E-state index in [9.17, 15) is 9.18 Å². The van der Waals surface area contributed by atoms with E-state index in [1.165, 1.54) is 10.7 Å². The molecule has 1 amide bonds. The molecule has 1 atom stereocenters. The summed E-state index contributed by atoms with van der Waals surface area (Å²) >= 11 is 0. The molecule has 1 unspecified atom stereocenters. The van der Waals surface area contributed by atoms with Gasteiger partial charge in [0.05, 0.1) is 0 Å². The highest BCUT2D eigenvalue weighted by molar-refractivity contribution is 5.90. The van der Waals surface area contributed by atoms with E-state index in [1.54, 1.807) is 18.2 Å². The third kappa shape index (κ3) is 4.20. The van der Waals surface area contributed by atoms with Crippen molar-refractivity contribution in [2.24, 2.45) is 5.73 Å². The van der Waals surface area contributed by atoms with Crippen LogP contribution in [-0.4, -0.2) is 27.2 Å². The summed E-state index contributed by atoms with van der Waals surface area (Å²) in [6, 6.07) is 15.4. The summed E-state index contributed by atoms with van der Waals surface area (Å²) in [4.78, 5) is 16.8. The SMILES string of the molecule is CC(C)c1nc(C(=O)NCC(N)c2ccccc2)nn1-c1ccccc1F. The van der Waals surface area contributed by atoms with Crippen LogP contribution in [0.15, 0.2) is 54.6 Å². The molecule has 140 valence electrons. The summed E-state index contributed by atoms with van der Waals surface area (Å²) in [5.74, 6) is -0.411. The number of benzene rings is 2. The number of nitrogens with two attached hydrogens (primary N) is 1. The normalized spacial score (nSPS) is 12.2. The van der Waals surface area contributed by atoms with E-state index in [1.807, 2.05) is 44.2 Å². The van der Waals surface area contributed by atoms with Gasteiger partial charge < -0.3 is 11.1 Å². The molecule has 3 rings (SSSR count). The van der Waals surface area contributed by atoms with Gasteiger partial charge in [-0.3, -0.25) is 4.79 Å². The van der Waals surface area contributed by atoms with Crippen molar-refractivity contribution in [1.29, 1.82) is 0 Å². The van der Waals surface area contributed by atoms with Crippen LogP contribution in [0.3, 0.4) is 0 Å². The zero-order valence-corrected chi connectivity index (χ0v) is 15.3. The summed E-state index contributed by atoms with van der Waals surface area (Å²) in [5.41, 5.74) is 7.29. The second-order valence-corrected chi connectivity index (χ2v) is 6.54. The summed E-state index contributed by atoms with van der Waals surface area (Å²) in [7, 11) is 0. The van der Waals surface area contributed by atoms with Gasteiger partial charge in [0.15, 0.2) is 0 Å². The Morgan fingerprint density at radius 2 is 1.81 bits per heavy atom. The Labute approximate surface area is 157 Å². The predicted molar refractivity (Wildman–Crippen MR) is 101 cm³/mol. The minimum Gasteiger partial charge on any atom is -0.347 e. The van der Waals surface area contributed by atoms with Gasteiger partial charge in [-0.15, -0.1) is 5.10 Å². The smallest absolute Gasteiger partial charge is 0.291 e.